The van der Waals surface area contributed by atoms with E-state index in [1.54, 1.807) is 6.92 Å². The van der Waals surface area contributed by atoms with Gasteiger partial charge in [-0.15, -0.1) is 5.92 Å². The predicted octanol–water partition coefficient (Wildman–Crippen LogP) is 2.41. The standard InChI is InChI=1S/C11H16O/c1-3-6-10-7-4-5-8-11(10)9(2)12/h10-11H,4-5,7-8H2,1-2H3. The molecule has 1 saturated carbocycles. The molecule has 2 unspecified atom stereocenters. The molecule has 0 bridgehead atoms. The summed E-state index contributed by atoms with van der Waals surface area (Å²) in [6.45, 7) is 3.55. The molecule has 1 rings (SSSR count). The first-order chi connectivity index (χ1) is 5.75. The van der Waals surface area contributed by atoms with Crippen molar-refractivity contribution >= 4 is 5.78 Å². The highest BCUT2D eigenvalue weighted by Crippen LogP contribution is 2.29. The zero-order valence-corrected chi connectivity index (χ0v) is 7.89. The van der Waals surface area contributed by atoms with Crippen molar-refractivity contribution in [3.63, 3.8) is 0 Å². The molecule has 1 heteroatoms. The zero-order valence-electron chi connectivity index (χ0n) is 7.89. The Kier molecular flexibility index (Phi) is 3.34. The van der Waals surface area contributed by atoms with Crippen LogP contribution in [0.25, 0.3) is 0 Å². The van der Waals surface area contributed by atoms with Crippen LogP contribution in [-0.2, 0) is 4.79 Å². The maximum Gasteiger partial charge on any atom is 0.134 e. The molecule has 0 aromatic rings. The topological polar surface area (TPSA) is 17.1 Å². The molecule has 12 heavy (non-hydrogen) atoms. The Labute approximate surface area is 74.5 Å². The summed E-state index contributed by atoms with van der Waals surface area (Å²) in [5, 5.41) is 0. The van der Waals surface area contributed by atoms with E-state index >= 15 is 0 Å². The minimum Gasteiger partial charge on any atom is -0.300 e. The molecule has 66 valence electrons. The van der Waals surface area contributed by atoms with Crippen LogP contribution in [0.2, 0.25) is 0 Å². The van der Waals surface area contributed by atoms with E-state index < -0.39 is 0 Å². The van der Waals surface area contributed by atoms with E-state index in [4.69, 9.17) is 0 Å². The number of hydrogen-bond donors (Lipinski definition) is 0. The number of ketones is 1. The van der Waals surface area contributed by atoms with Gasteiger partial charge in [-0.3, -0.25) is 4.79 Å². The van der Waals surface area contributed by atoms with E-state index in [1.807, 2.05) is 6.92 Å². The molecule has 0 aliphatic heterocycles. The van der Waals surface area contributed by atoms with Gasteiger partial charge in [0.15, 0.2) is 0 Å². The summed E-state index contributed by atoms with van der Waals surface area (Å²) in [5.74, 6) is 6.96. The number of carbonyl (C=O) groups is 1. The lowest BCUT2D eigenvalue weighted by atomic mass is 9.78. The average Bonchev–Trinajstić information content (AvgIpc) is 2.05. The number of hydrogen-bond acceptors (Lipinski definition) is 1. The second-order valence-electron chi connectivity index (χ2n) is 3.50. The van der Waals surface area contributed by atoms with Crippen LogP contribution in [0.5, 0.6) is 0 Å². The third-order valence-corrected chi connectivity index (χ3v) is 2.62. The lowest BCUT2D eigenvalue weighted by molar-refractivity contribution is -0.122. The smallest absolute Gasteiger partial charge is 0.134 e. The fourth-order valence-corrected chi connectivity index (χ4v) is 1.98. The Morgan fingerprint density at radius 1 is 1.33 bits per heavy atom. The summed E-state index contributed by atoms with van der Waals surface area (Å²) in [5.41, 5.74) is 0. The number of rotatable bonds is 1. The highest BCUT2D eigenvalue weighted by atomic mass is 16.1. The van der Waals surface area contributed by atoms with E-state index in [2.05, 4.69) is 11.8 Å². The van der Waals surface area contributed by atoms with E-state index in [9.17, 15) is 4.79 Å². The van der Waals surface area contributed by atoms with Crippen LogP contribution in [0, 0.1) is 23.7 Å². The van der Waals surface area contributed by atoms with Gasteiger partial charge in [-0.05, 0) is 26.7 Å². The highest BCUT2D eigenvalue weighted by Gasteiger charge is 2.26. The first kappa shape index (κ1) is 9.32. The summed E-state index contributed by atoms with van der Waals surface area (Å²) in [6, 6.07) is 0. The number of Topliss-reactive ketones (excluding diaryl/α,β-unsaturated/α-hetero) is 1. The summed E-state index contributed by atoms with van der Waals surface area (Å²) in [6.07, 6.45) is 4.61. The van der Waals surface area contributed by atoms with Gasteiger partial charge in [0.1, 0.15) is 5.78 Å². The first-order valence-electron chi connectivity index (χ1n) is 4.68. The maximum atomic E-state index is 11.2. The second kappa shape index (κ2) is 4.30. The Morgan fingerprint density at radius 2 is 2.00 bits per heavy atom. The van der Waals surface area contributed by atoms with Crippen molar-refractivity contribution in [1.82, 2.24) is 0 Å². The summed E-state index contributed by atoms with van der Waals surface area (Å²) in [7, 11) is 0. The number of carbonyl (C=O) groups excluding carboxylic acids is 1. The molecule has 0 N–H and O–H groups in total. The molecular formula is C11H16O. The monoisotopic (exact) mass is 164 g/mol. The fraction of sp³-hybridized carbons (Fsp3) is 0.727. The first-order valence-corrected chi connectivity index (χ1v) is 4.68. The molecule has 0 amide bonds. The van der Waals surface area contributed by atoms with Gasteiger partial charge >= 0.3 is 0 Å². The molecule has 1 fully saturated rings. The van der Waals surface area contributed by atoms with Gasteiger partial charge in [0, 0.05) is 11.8 Å². The molecule has 0 saturated heterocycles. The van der Waals surface area contributed by atoms with Crippen LogP contribution < -0.4 is 0 Å². The largest absolute Gasteiger partial charge is 0.300 e. The van der Waals surface area contributed by atoms with Crippen molar-refractivity contribution in [2.45, 2.75) is 39.5 Å². The zero-order chi connectivity index (χ0) is 8.97. The Bertz CT molecular complexity index is 219. The third kappa shape index (κ3) is 2.11. The van der Waals surface area contributed by atoms with Crippen molar-refractivity contribution < 1.29 is 4.79 Å². The lowest BCUT2D eigenvalue weighted by Crippen LogP contribution is -2.24. The average molecular weight is 164 g/mol. The maximum absolute atomic E-state index is 11.2. The third-order valence-electron chi connectivity index (χ3n) is 2.62. The van der Waals surface area contributed by atoms with Crippen molar-refractivity contribution in [2.75, 3.05) is 0 Å². The van der Waals surface area contributed by atoms with E-state index in [1.165, 1.54) is 12.8 Å². The van der Waals surface area contributed by atoms with Gasteiger partial charge in [-0.1, -0.05) is 18.8 Å². The molecule has 1 aliphatic carbocycles. The second-order valence-corrected chi connectivity index (χ2v) is 3.50. The molecule has 2 atom stereocenters. The normalized spacial score (nSPS) is 28.8. The van der Waals surface area contributed by atoms with Crippen molar-refractivity contribution in [3.8, 4) is 11.8 Å². The van der Waals surface area contributed by atoms with E-state index in [0.29, 0.717) is 11.7 Å². The fourth-order valence-electron chi connectivity index (χ4n) is 1.98. The van der Waals surface area contributed by atoms with Crippen molar-refractivity contribution in [2.24, 2.45) is 11.8 Å². The summed E-state index contributed by atoms with van der Waals surface area (Å²) < 4.78 is 0. The summed E-state index contributed by atoms with van der Waals surface area (Å²) in [4.78, 5) is 11.2. The molecule has 1 nitrogen and oxygen atoms in total. The van der Waals surface area contributed by atoms with Crippen LogP contribution in [0.4, 0.5) is 0 Å². The van der Waals surface area contributed by atoms with Crippen LogP contribution in [0.3, 0.4) is 0 Å². The van der Waals surface area contributed by atoms with E-state index in [-0.39, 0.29) is 5.92 Å². The predicted molar refractivity (Wildman–Crippen MR) is 49.6 cm³/mol. The van der Waals surface area contributed by atoms with Gasteiger partial charge in [0.25, 0.3) is 0 Å². The van der Waals surface area contributed by atoms with Crippen molar-refractivity contribution in [3.05, 3.63) is 0 Å². The minimum absolute atomic E-state index is 0.228. The Morgan fingerprint density at radius 3 is 2.58 bits per heavy atom. The lowest BCUT2D eigenvalue weighted by Gasteiger charge is -2.25. The molecular weight excluding hydrogens is 148 g/mol. The van der Waals surface area contributed by atoms with Gasteiger partial charge in [0.2, 0.25) is 0 Å². The Hall–Kier alpha value is -0.770. The van der Waals surface area contributed by atoms with Gasteiger partial charge in [-0.2, -0.15) is 0 Å². The van der Waals surface area contributed by atoms with Gasteiger partial charge in [-0.25, -0.2) is 0 Å². The van der Waals surface area contributed by atoms with Crippen LogP contribution >= 0.6 is 0 Å². The molecule has 0 spiro atoms. The molecule has 0 aromatic heterocycles. The molecule has 0 aromatic carbocycles. The van der Waals surface area contributed by atoms with Crippen LogP contribution in [-0.4, -0.2) is 5.78 Å². The van der Waals surface area contributed by atoms with Gasteiger partial charge in [0.05, 0.1) is 0 Å². The quantitative estimate of drug-likeness (QED) is 0.544. The van der Waals surface area contributed by atoms with Crippen LogP contribution in [0.1, 0.15) is 39.5 Å². The minimum atomic E-state index is 0.228. The van der Waals surface area contributed by atoms with Crippen molar-refractivity contribution in [1.29, 1.82) is 0 Å². The molecule has 0 heterocycles. The Balaban J connectivity index is 2.64. The molecule has 1 aliphatic rings. The highest BCUT2D eigenvalue weighted by molar-refractivity contribution is 5.79. The van der Waals surface area contributed by atoms with Gasteiger partial charge < -0.3 is 0 Å². The van der Waals surface area contributed by atoms with Crippen LogP contribution in [0.15, 0.2) is 0 Å². The SMILES string of the molecule is CC#CC1CCCCC1C(C)=O. The van der Waals surface area contributed by atoms with E-state index in [0.717, 1.165) is 12.8 Å². The molecule has 0 radical (unpaired) electrons. The summed E-state index contributed by atoms with van der Waals surface area (Å²) >= 11 is 0.